The number of aliphatic carboxylic acids is 2. The average Bonchev–Trinajstić information content (AvgIpc) is 2.07. The number of carboxylic acid groups (broad SMARTS) is 2. The lowest BCUT2D eigenvalue weighted by Gasteiger charge is -2.08. The van der Waals surface area contributed by atoms with Crippen LogP contribution in [-0.2, 0) is 9.59 Å². The maximum Gasteiger partial charge on any atom is 0.322 e. The minimum absolute atomic E-state index is 0.118. The van der Waals surface area contributed by atoms with Crippen molar-refractivity contribution in [3.63, 3.8) is 0 Å². The molecular formula is C9H8O5. The molecule has 5 nitrogen and oxygen atoms in total. The van der Waals surface area contributed by atoms with E-state index in [4.69, 9.17) is 10.2 Å². The summed E-state index contributed by atoms with van der Waals surface area (Å²) < 4.78 is 0. The number of carboxylic acids is 2. The zero-order chi connectivity index (χ0) is 10.7. The smallest absolute Gasteiger partial charge is 0.322 e. The summed E-state index contributed by atoms with van der Waals surface area (Å²) in [5.74, 6) is -5.06. The van der Waals surface area contributed by atoms with Crippen molar-refractivity contribution >= 4 is 11.9 Å². The molecule has 0 amide bonds. The fraction of sp³-hybridized carbons (Fsp3) is 0.111. The van der Waals surface area contributed by atoms with Crippen molar-refractivity contribution < 1.29 is 24.9 Å². The van der Waals surface area contributed by atoms with E-state index in [9.17, 15) is 14.7 Å². The second-order valence-corrected chi connectivity index (χ2v) is 2.67. The number of rotatable bonds is 3. The lowest BCUT2D eigenvalue weighted by molar-refractivity contribution is -0.150. The number of phenolic OH excluding ortho intramolecular Hbond substituents is 1. The van der Waals surface area contributed by atoms with Gasteiger partial charge in [-0.25, -0.2) is 0 Å². The zero-order valence-electron chi connectivity index (χ0n) is 7.04. The van der Waals surface area contributed by atoms with Gasteiger partial charge in [0.1, 0.15) is 5.75 Å². The van der Waals surface area contributed by atoms with Crippen LogP contribution >= 0.6 is 0 Å². The summed E-state index contributed by atoms with van der Waals surface area (Å²) in [6.45, 7) is 0. The normalized spacial score (nSPS) is 10.1. The monoisotopic (exact) mass is 196 g/mol. The molecule has 0 spiro atoms. The standard InChI is InChI=1S/C9H8O5/c10-6-4-2-1-3-5(6)7(8(11)12)9(13)14/h1-4,7,10H,(H,11,12)(H,13,14). The van der Waals surface area contributed by atoms with Crippen LogP contribution in [0.3, 0.4) is 0 Å². The summed E-state index contributed by atoms with van der Waals surface area (Å²) in [5, 5.41) is 26.5. The second-order valence-electron chi connectivity index (χ2n) is 2.67. The SMILES string of the molecule is O=C(O)C(C(=O)O)c1ccccc1O. The molecular weight excluding hydrogens is 188 g/mol. The lowest BCUT2D eigenvalue weighted by atomic mass is 9.99. The molecule has 0 radical (unpaired) electrons. The van der Waals surface area contributed by atoms with Crippen LogP contribution in [-0.4, -0.2) is 27.3 Å². The highest BCUT2D eigenvalue weighted by molar-refractivity contribution is 5.99. The number of aromatic hydroxyl groups is 1. The summed E-state index contributed by atoms with van der Waals surface area (Å²) >= 11 is 0. The Morgan fingerprint density at radius 3 is 2.00 bits per heavy atom. The minimum atomic E-state index is -1.73. The van der Waals surface area contributed by atoms with E-state index < -0.39 is 17.9 Å². The molecule has 1 rings (SSSR count). The molecule has 1 aromatic carbocycles. The predicted molar refractivity (Wildman–Crippen MR) is 46.1 cm³/mol. The van der Waals surface area contributed by atoms with Crippen molar-refractivity contribution in [3.05, 3.63) is 29.8 Å². The lowest BCUT2D eigenvalue weighted by Crippen LogP contribution is -2.21. The van der Waals surface area contributed by atoms with Gasteiger partial charge in [0.25, 0.3) is 0 Å². The highest BCUT2D eigenvalue weighted by Gasteiger charge is 2.29. The van der Waals surface area contributed by atoms with Gasteiger partial charge in [0.2, 0.25) is 0 Å². The van der Waals surface area contributed by atoms with E-state index in [1.54, 1.807) is 0 Å². The molecule has 1 aromatic rings. The Kier molecular flexibility index (Phi) is 2.71. The molecule has 0 aliphatic rings. The Morgan fingerprint density at radius 2 is 1.57 bits per heavy atom. The van der Waals surface area contributed by atoms with Crippen LogP contribution in [0.1, 0.15) is 11.5 Å². The molecule has 0 unspecified atom stereocenters. The van der Waals surface area contributed by atoms with Gasteiger partial charge in [0.15, 0.2) is 5.92 Å². The van der Waals surface area contributed by atoms with Crippen LogP contribution in [0, 0.1) is 0 Å². The fourth-order valence-corrected chi connectivity index (χ4v) is 1.10. The van der Waals surface area contributed by atoms with Crippen LogP contribution in [0.5, 0.6) is 5.75 Å². The molecule has 0 aromatic heterocycles. The van der Waals surface area contributed by atoms with Gasteiger partial charge < -0.3 is 15.3 Å². The molecule has 74 valence electrons. The molecule has 0 saturated carbocycles. The largest absolute Gasteiger partial charge is 0.508 e. The van der Waals surface area contributed by atoms with Crippen molar-refractivity contribution in [2.24, 2.45) is 0 Å². The van der Waals surface area contributed by atoms with E-state index >= 15 is 0 Å². The van der Waals surface area contributed by atoms with Gasteiger partial charge in [0.05, 0.1) is 0 Å². The molecule has 0 atom stereocenters. The quantitative estimate of drug-likeness (QED) is 0.617. The average molecular weight is 196 g/mol. The molecule has 0 aliphatic heterocycles. The molecule has 3 N–H and O–H groups in total. The van der Waals surface area contributed by atoms with Crippen molar-refractivity contribution in [2.75, 3.05) is 0 Å². The van der Waals surface area contributed by atoms with E-state index in [2.05, 4.69) is 0 Å². The molecule has 0 saturated heterocycles. The first-order valence-corrected chi connectivity index (χ1v) is 3.77. The van der Waals surface area contributed by atoms with Crippen molar-refractivity contribution in [1.82, 2.24) is 0 Å². The highest BCUT2D eigenvalue weighted by atomic mass is 16.4. The Hall–Kier alpha value is -2.04. The number of hydrogen-bond donors (Lipinski definition) is 3. The number of carbonyl (C=O) groups is 2. The van der Waals surface area contributed by atoms with Gasteiger partial charge in [-0.2, -0.15) is 0 Å². The summed E-state index contributed by atoms with van der Waals surface area (Å²) in [5.41, 5.74) is -0.118. The maximum atomic E-state index is 10.6. The first kappa shape index (κ1) is 10.0. The summed E-state index contributed by atoms with van der Waals surface area (Å²) in [7, 11) is 0. The first-order chi connectivity index (χ1) is 6.54. The maximum absolute atomic E-state index is 10.6. The van der Waals surface area contributed by atoms with Crippen LogP contribution < -0.4 is 0 Å². The van der Waals surface area contributed by atoms with Gasteiger partial charge in [-0.3, -0.25) is 9.59 Å². The van der Waals surface area contributed by atoms with Crippen molar-refractivity contribution in [2.45, 2.75) is 5.92 Å². The van der Waals surface area contributed by atoms with Crippen molar-refractivity contribution in [3.8, 4) is 5.75 Å². The van der Waals surface area contributed by atoms with Gasteiger partial charge >= 0.3 is 11.9 Å². The van der Waals surface area contributed by atoms with E-state index in [0.717, 1.165) is 0 Å². The number of benzene rings is 1. The summed E-state index contributed by atoms with van der Waals surface area (Å²) in [6.07, 6.45) is 0. The fourth-order valence-electron chi connectivity index (χ4n) is 1.10. The molecule has 0 fully saturated rings. The highest BCUT2D eigenvalue weighted by Crippen LogP contribution is 2.25. The zero-order valence-corrected chi connectivity index (χ0v) is 7.04. The third-order valence-corrected chi connectivity index (χ3v) is 1.74. The first-order valence-electron chi connectivity index (χ1n) is 3.77. The van der Waals surface area contributed by atoms with Crippen LogP contribution in [0.25, 0.3) is 0 Å². The Bertz CT molecular complexity index is 357. The summed E-state index contributed by atoms with van der Waals surface area (Å²) in [4.78, 5) is 21.2. The van der Waals surface area contributed by atoms with Crippen LogP contribution in [0.15, 0.2) is 24.3 Å². The van der Waals surface area contributed by atoms with E-state index in [0.29, 0.717) is 0 Å². The van der Waals surface area contributed by atoms with E-state index in [1.807, 2.05) is 0 Å². The molecule has 5 heteroatoms. The molecule has 0 bridgehead atoms. The van der Waals surface area contributed by atoms with Crippen molar-refractivity contribution in [1.29, 1.82) is 0 Å². The minimum Gasteiger partial charge on any atom is -0.508 e. The van der Waals surface area contributed by atoms with Crippen LogP contribution in [0.4, 0.5) is 0 Å². The third kappa shape index (κ3) is 1.82. The van der Waals surface area contributed by atoms with Gasteiger partial charge in [-0.05, 0) is 6.07 Å². The molecule has 0 heterocycles. The number of para-hydroxylation sites is 1. The van der Waals surface area contributed by atoms with Gasteiger partial charge in [-0.15, -0.1) is 0 Å². The van der Waals surface area contributed by atoms with Gasteiger partial charge in [-0.1, -0.05) is 18.2 Å². The third-order valence-electron chi connectivity index (χ3n) is 1.74. The topological polar surface area (TPSA) is 94.8 Å². The number of phenols is 1. The van der Waals surface area contributed by atoms with E-state index in [-0.39, 0.29) is 11.3 Å². The second kappa shape index (κ2) is 3.78. The Morgan fingerprint density at radius 1 is 1.07 bits per heavy atom. The molecule has 0 aliphatic carbocycles. The predicted octanol–water partition coefficient (Wildman–Crippen LogP) is 0.645. The van der Waals surface area contributed by atoms with E-state index in [1.165, 1.54) is 24.3 Å². The Balaban J connectivity index is 3.18. The van der Waals surface area contributed by atoms with Gasteiger partial charge in [0, 0.05) is 5.56 Å². The Labute approximate surface area is 79.2 Å². The molecule has 14 heavy (non-hydrogen) atoms. The number of hydrogen-bond acceptors (Lipinski definition) is 3. The summed E-state index contributed by atoms with van der Waals surface area (Å²) in [6, 6.07) is 5.46. The van der Waals surface area contributed by atoms with Crippen LogP contribution in [0.2, 0.25) is 0 Å².